The fraction of sp³-hybridized carbons (Fsp3) is 0.167. The molecule has 1 heterocycles. The number of nitro groups is 1. The SMILES string of the molecule is COc1ccc(C(CNS(=O)(=O)Cc2ccc([N+](=O)[O-])cc2)c2c[nH]c3ccccc23)cc1. The fourth-order valence-electron chi connectivity index (χ4n) is 3.82. The second kappa shape index (κ2) is 9.43. The molecule has 0 saturated heterocycles. The van der Waals surface area contributed by atoms with Crippen molar-refractivity contribution in [3.05, 3.63) is 106 Å². The Balaban J connectivity index is 1.59. The van der Waals surface area contributed by atoms with Gasteiger partial charge in [0.15, 0.2) is 0 Å². The Labute approximate surface area is 191 Å². The summed E-state index contributed by atoms with van der Waals surface area (Å²) in [7, 11) is -2.09. The Morgan fingerprint density at radius 3 is 2.39 bits per heavy atom. The van der Waals surface area contributed by atoms with Crippen LogP contribution in [0.5, 0.6) is 5.75 Å². The van der Waals surface area contributed by atoms with Gasteiger partial charge >= 0.3 is 0 Å². The van der Waals surface area contributed by atoms with Gasteiger partial charge in [0, 0.05) is 41.7 Å². The number of rotatable bonds is 9. The monoisotopic (exact) mass is 465 g/mol. The van der Waals surface area contributed by atoms with Crippen LogP contribution in [0.2, 0.25) is 0 Å². The number of hydrogen-bond donors (Lipinski definition) is 2. The number of methoxy groups -OCH3 is 1. The van der Waals surface area contributed by atoms with Gasteiger partial charge in [0.2, 0.25) is 10.0 Å². The number of hydrogen-bond acceptors (Lipinski definition) is 5. The van der Waals surface area contributed by atoms with Gasteiger partial charge in [-0.25, -0.2) is 13.1 Å². The van der Waals surface area contributed by atoms with Crippen molar-refractivity contribution in [2.45, 2.75) is 11.7 Å². The van der Waals surface area contributed by atoms with Crippen molar-refractivity contribution in [2.24, 2.45) is 0 Å². The van der Waals surface area contributed by atoms with Gasteiger partial charge in [-0.15, -0.1) is 0 Å². The van der Waals surface area contributed by atoms with Crippen LogP contribution in [0.15, 0.2) is 79.0 Å². The van der Waals surface area contributed by atoms with Crippen LogP contribution in [0, 0.1) is 10.1 Å². The van der Waals surface area contributed by atoms with Crippen molar-refractivity contribution in [3.63, 3.8) is 0 Å². The molecule has 0 bridgehead atoms. The topological polar surface area (TPSA) is 114 Å². The molecule has 2 N–H and O–H groups in total. The summed E-state index contributed by atoms with van der Waals surface area (Å²) in [5.74, 6) is 0.211. The highest BCUT2D eigenvalue weighted by Gasteiger charge is 2.21. The van der Waals surface area contributed by atoms with Crippen molar-refractivity contribution in [2.75, 3.05) is 13.7 Å². The van der Waals surface area contributed by atoms with Gasteiger partial charge in [0.05, 0.1) is 17.8 Å². The third-order valence-corrected chi connectivity index (χ3v) is 6.85. The molecule has 0 aliphatic heterocycles. The molecule has 4 aromatic rings. The first kappa shape index (κ1) is 22.5. The number of sulfonamides is 1. The number of ether oxygens (including phenoxy) is 1. The second-order valence-corrected chi connectivity index (χ2v) is 9.45. The van der Waals surface area contributed by atoms with E-state index in [-0.39, 0.29) is 23.9 Å². The van der Waals surface area contributed by atoms with Crippen molar-refractivity contribution < 1.29 is 18.1 Å². The highest BCUT2D eigenvalue weighted by molar-refractivity contribution is 7.88. The van der Waals surface area contributed by atoms with Crippen LogP contribution in [0.1, 0.15) is 22.6 Å². The van der Waals surface area contributed by atoms with Gasteiger partial charge in [-0.1, -0.05) is 42.5 Å². The minimum atomic E-state index is -3.68. The zero-order chi connectivity index (χ0) is 23.4. The average molecular weight is 466 g/mol. The molecule has 0 amide bonds. The van der Waals surface area contributed by atoms with Crippen LogP contribution in [0.4, 0.5) is 5.69 Å². The minimum absolute atomic E-state index is 0.0805. The van der Waals surface area contributed by atoms with Crippen LogP contribution >= 0.6 is 0 Å². The van der Waals surface area contributed by atoms with Crippen LogP contribution in [-0.4, -0.2) is 32.0 Å². The maximum atomic E-state index is 12.8. The number of nitrogens with one attached hydrogen (secondary N) is 2. The summed E-state index contributed by atoms with van der Waals surface area (Å²) in [6.07, 6.45) is 1.91. The number of benzene rings is 3. The predicted octanol–water partition coefficient (Wildman–Crippen LogP) is 4.34. The number of non-ortho nitro benzene ring substituents is 1. The van der Waals surface area contributed by atoms with Crippen molar-refractivity contribution in [1.29, 1.82) is 0 Å². The Morgan fingerprint density at radius 2 is 1.73 bits per heavy atom. The third-order valence-electron chi connectivity index (χ3n) is 5.53. The normalized spacial score (nSPS) is 12.5. The van der Waals surface area contributed by atoms with E-state index < -0.39 is 14.9 Å². The zero-order valence-corrected chi connectivity index (χ0v) is 18.7. The van der Waals surface area contributed by atoms with Crippen LogP contribution < -0.4 is 9.46 Å². The van der Waals surface area contributed by atoms with E-state index in [1.54, 1.807) is 7.11 Å². The van der Waals surface area contributed by atoms with E-state index in [1.165, 1.54) is 24.3 Å². The molecule has 0 aliphatic carbocycles. The van der Waals surface area contributed by atoms with Gasteiger partial charge in [0.1, 0.15) is 5.75 Å². The lowest BCUT2D eigenvalue weighted by Gasteiger charge is -2.19. The maximum Gasteiger partial charge on any atom is 0.269 e. The fourth-order valence-corrected chi connectivity index (χ4v) is 4.97. The average Bonchev–Trinajstić information content (AvgIpc) is 3.24. The predicted molar refractivity (Wildman–Crippen MR) is 127 cm³/mol. The Bertz CT molecular complexity index is 1360. The number of nitrogens with zero attached hydrogens (tertiary/aromatic N) is 1. The zero-order valence-electron chi connectivity index (χ0n) is 17.9. The van der Waals surface area contributed by atoms with Crippen LogP contribution in [0.3, 0.4) is 0 Å². The van der Waals surface area contributed by atoms with E-state index in [9.17, 15) is 18.5 Å². The van der Waals surface area contributed by atoms with Gasteiger partial charge in [0.25, 0.3) is 5.69 Å². The lowest BCUT2D eigenvalue weighted by atomic mass is 9.91. The van der Waals surface area contributed by atoms with Gasteiger partial charge in [-0.05, 0) is 34.9 Å². The summed E-state index contributed by atoms with van der Waals surface area (Å²) in [6.45, 7) is 0.156. The molecule has 0 fully saturated rings. The van der Waals surface area contributed by atoms with Crippen LogP contribution in [0.25, 0.3) is 10.9 Å². The number of H-pyrrole nitrogens is 1. The van der Waals surface area contributed by atoms with E-state index >= 15 is 0 Å². The second-order valence-electron chi connectivity index (χ2n) is 7.65. The number of aromatic amines is 1. The molecule has 0 saturated carbocycles. The third kappa shape index (κ3) is 5.21. The molecule has 0 spiro atoms. The van der Waals surface area contributed by atoms with Gasteiger partial charge in [-0.2, -0.15) is 0 Å². The summed E-state index contributed by atoms with van der Waals surface area (Å²) in [5.41, 5.74) is 3.29. The number of aromatic nitrogens is 1. The smallest absolute Gasteiger partial charge is 0.269 e. The van der Waals surface area contributed by atoms with Crippen molar-refractivity contribution >= 4 is 26.6 Å². The first-order valence-corrected chi connectivity index (χ1v) is 11.9. The van der Waals surface area contributed by atoms with E-state index in [4.69, 9.17) is 4.74 Å². The van der Waals surface area contributed by atoms with E-state index in [0.29, 0.717) is 5.56 Å². The lowest BCUT2D eigenvalue weighted by Crippen LogP contribution is -2.30. The standard InChI is InChI=1S/C24H23N3O5S/c1-32-20-12-8-18(9-13-20)22(23-14-25-24-5-3-2-4-21(23)24)15-26-33(30,31)16-17-6-10-19(11-7-17)27(28)29/h2-14,22,25-26H,15-16H2,1H3. The molecule has 33 heavy (non-hydrogen) atoms. The number of nitro benzene ring substituents is 1. The first-order chi connectivity index (χ1) is 15.9. The molecule has 0 aliphatic rings. The Kier molecular flexibility index (Phi) is 6.43. The Hall–Kier alpha value is -3.69. The summed E-state index contributed by atoms with van der Waals surface area (Å²) >= 11 is 0. The number of para-hydroxylation sites is 1. The summed E-state index contributed by atoms with van der Waals surface area (Å²) in [4.78, 5) is 13.6. The van der Waals surface area contributed by atoms with Gasteiger partial charge < -0.3 is 9.72 Å². The Morgan fingerprint density at radius 1 is 1.03 bits per heavy atom. The maximum absolute atomic E-state index is 12.8. The van der Waals surface area contributed by atoms with Gasteiger partial charge in [-0.3, -0.25) is 10.1 Å². The van der Waals surface area contributed by atoms with Crippen molar-refractivity contribution in [3.8, 4) is 5.75 Å². The van der Waals surface area contributed by atoms with E-state index in [0.717, 1.165) is 27.8 Å². The summed E-state index contributed by atoms with van der Waals surface area (Å²) < 4.78 is 33.6. The molecule has 1 unspecified atom stereocenters. The van der Waals surface area contributed by atoms with Crippen LogP contribution in [-0.2, 0) is 15.8 Å². The molecule has 9 heteroatoms. The van der Waals surface area contributed by atoms with E-state index in [1.807, 2.05) is 54.7 Å². The molecule has 1 aromatic heterocycles. The molecule has 170 valence electrons. The largest absolute Gasteiger partial charge is 0.497 e. The quantitative estimate of drug-likeness (QED) is 0.282. The van der Waals surface area contributed by atoms with E-state index in [2.05, 4.69) is 9.71 Å². The summed E-state index contributed by atoms with van der Waals surface area (Å²) in [5, 5.41) is 11.8. The molecule has 3 aromatic carbocycles. The first-order valence-electron chi connectivity index (χ1n) is 10.3. The lowest BCUT2D eigenvalue weighted by molar-refractivity contribution is -0.384. The summed E-state index contributed by atoms with van der Waals surface area (Å²) in [6, 6.07) is 20.9. The molecule has 1 atom stereocenters. The molecule has 0 radical (unpaired) electrons. The minimum Gasteiger partial charge on any atom is -0.497 e. The highest BCUT2D eigenvalue weighted by Crippen LogP contribution is 2.31. The molecular weight excluding hydrogens is 442 g/mol. The highest BCUT2D eigenvalue weighted by atomic mass is 32.2. The number of fused-ring (bicyclic) bond motifs is 1. The molecule has 8 nitrogen and oxygen atoms in total. The molecule has 4 rings (SSSR count). The molecular formula is C24H23N3O5S. The van der Waals surface area contributed by atoms with Crippen molar-refractivity contribution in [1.82, 2.24) is 9.71 Å².